The van der Waals surface area contributed by atoms with Crippen molar-refractivity contribution in [1.82, 2.24) is 43.8 Å². The minimum absolute atomic E-state index is 0. The Morgan fingerprint density at radius 2 is 1.03 bits per heavy atom. The Morgan fingerprint density at radius 1 is 0.526 bits per heavy atom. The van der Waals surface area contributed by atoms with Gasteiger partial charge in [0.15, 0.2) is 16.9 Å². The molecule has 6 aromatic heterocycles. The van der Waals surface area contributed by atoms with E-state index in [0.717, 1.165) is 16.9 Å². The van der Waals surface area contributed by atoms with Crippen LogP contribution < -0.4 is 0 Å². The van der Waals surface area contributed by atoms with Gasteiger partial charge in [0.2, 0.25) is 0 Å². The van der Waals surface area contributed by atoms with Crippen LogP contribution in [0.25, 0.3) is 16.9 Å². The largest absolute Gasteiger partial charge is 0.237 e. The molecule has 6 rings (SSSR count). The Morgan fingerprint density at radius 3 is 1.50 bits per heavy atom. The lowest BCUT2D eigenvalue weighted by molar-refractivity contribution is 0.749. The second-order valence-electron chi connectivity index (χ2n) is 9.39. The SMILES string of the molecule is C.C.CC(C)c1ccnc2ccnn12.CC(C)c1ccnc2ccnn12.CC(C)c1ccnn2ccnc12. The molecule has 0 amide bonds. The molecule has 6 heterocycles. The minimum atomic E-state index is 0. The van der Waals surface area contributed by atoms with Crippen molar-refractivity contribution < 1.29 is 0 Å². The van der Waals surface area contributed by atoms with Gasteiger partial charge in [0, 0.05) is 60.1 Å². The first-order chi connectivity index (χ1) is 17.4. The first kappa shape index (κ1) is 30.1. The van der Waals surface area contributed by atoms with E-state index in [9.17, 15) is 0 Å². The number of aromatic nitrogens is 9. The lowest BCUT2D eigenvalue weighted by atomic mass is 10.1. The zero-order valence-corrected chi connectivity index (χ0v) is 21.7. The summed E-state index contributed by atoms with van der Waals surface area (Å²) in [6.07, 6.45) is 12.6. The summed E-state index contributed by atoms with van der Waals surface area (Å²) in [5, 5.41) is 12.5. The van der Waals surface area contributed by atoms with Gasteiger partial charge < -0.3 is 0 Å². The number of hydrogen-bond donors (Lipinski definition) is 0. The van der Waals surface area contributed by atoms with Crippen LogP contribution in [0.3, 0.4) is 0 Å². The number of rotatable bonds is 3. The van der Waals surface area contributed by atoms with Crippen molar-refractivity contribution in [1.29, 1.82) is 0 Å². The van der Waals surface area contributed by atoms with E-state index in [2.05, 4.69) is 71.8 Å². The molecule has 0 aromatic carbocycles. The lowest BCUT2D eigenvalue weighted by Gasteiger charge is -2.06. The van der Waals surface area contributed by atoms with E-state index in [1.807, 2.05) is 64.2 Å². The van der Waals surface area contributed by atoms with Crippen LogP contribution in [-0.4, -0.2) is 43.8 Å². The predicted molar refractivity (Wildman–Crippen MR) is 155 cm³/mol. The molecule has 6 aromatic rings. The van der Waals surface area contributed by atoms with E-state index in [0.29, 0.717) is 17.8 Å². The molecule has 0 saturated heterocycles. The molecular weight excluding hydrogens is 474 g/mol. The smallest absolute Gasteiger partial charge is 0.156 e. The Labute approximate surface area is 225 Å². The van der Waals surface area contributed by atoms with Crippen molar-refractivity contribution in [3.8, 4) is 0 Å². The maximum Gasteiger partial charge on any atom is 0.156 e. The van der Waals surface area contributed by atoms with E-state index in [1.54, 1.807) is 23.1 Å². The Kier molecular flexibility index (Phi) is 10.6. The van der Waals surface area contributed by atoms with Gasteiger partial charge in [-0.2, -0.15) is 15.3 Å². The Bertz CT molecular complexity index is 1350. The number of imidazole rings is 1. The standard InChI is InChI=1S/3C9H11N3.2CH4/c2*1-7(2)8-3-5-10-9-4-6-11-12(8)9;1-7(2)8-3-4-11-12-6-5-10-9(8)12;;/h3*3-7H,1-2H3;2*1H4. The summed E-state index contributed by atoms with van der Waals surface area (Å²) < 4.78 is 5.56. The molecule has 0 aliphatic rings. The quantitative estimate of drug-likeness (QED) is 0.256. The van der Waals surface area contributed by atoms with Crippen LogP contribution in [0.2, 0.25) is 0 Å². The molecule has 0 fully saturated rings. The summed E-state index contributed by atoms with van der Waals surface area (Å²) in [5.41, 5.74) is 6.44. The molecule has 0 atom stereocenters. The topological polar surface area (TPSA) is 90.6 Å². The molecule has 0 unspecified atom stereocenters. The van der Waals surface area contributed by atoms with Gasteiger partial charge >= 0.3 is 0 Å². The second-order valence-corrected chi connectivity index (χ2v) is 9.39. The van der Waals surface area contributed by atoms with Crippen LogP contribution >= 0.6 is 0 Å². The molecule has 9 nitrogen and oxygen atoms in total. The van der Waals surface area contributed by atoms with Gasteiger partial charge in [-0.05, 0) is 36.0 Å². The molecule has 9 heteroatoms. The van der Waals surface area contributed by atoms with Crippen LogP contribution in [0, 0.1) is 0 Å². The third-order valence-electron chi connectivity index (χ3n) is 5.77. The van der Waals surface area contributed by atoms with Gasteiger partial charge in [-0.1, -0.05) is 56.4 Å². The average molecular weight is 516 g/mol. The van der Waals surface area contributed by atoms with Gasteiger partial charge in [0.05, 0.1) is 12.4 Å². The normalized spacial score (nSPS) is 10.7. The van der Waals surface area contributed by atoms with E-state index in [-0.39, 0.29) is 14.9 Å². The van der Waals surface area contributed by atoms with E-state index in [1.165, 1.54) is 17.0 Å². The number of nitrogens with zero attached hydrogens (tertiary/aromatic N) is 9. The first-order valence-electron chi connectivity index (χ1n) is 12.2. The molecular formula is C29H41N9. The van der Waals surface area contributed by atoms with Crippen LogP contribution in [0.15, 0.2) is 73.7 Å². The van der Waals surface area contributed by atoms with Crippen molar-refractivity contribution in [3.63, 3.8) is 0 Å². The summed E-state index contributed by atoms with van der Waals surface area (Å²) in [4.78, 5) is 12.6. The average Bonchev–Trinajstić information content (AvgIpc) is 3.63. The van der Waals surface area contributed by atoms with Crippen molar-refractivity contribution in [2.24, 2.45) is 0 Å². The van der Waals surface area contributed by atoms with E-state index < -0.39 is 0 Å². The third-order valence-corrected chi connectivity index (χ3v) is 5.77. The number of fused-ring (bicyclic) bond motifs is 3. The fourth-order valence-corrected chi connectivity index (χ4v) is 3.89. The van der Waals surface area contributed by atoms with Crippen LogP contribution in [0.5, 0.6) is 0 Å². The molecule has 0 N–H and O–H groups in total. The van der Waals surface area contributed by atoms with Crippen molar-refractivity contribution in [3.05, 3.63) is 90.7 Å². The monoisotopic (exact) mass is 515 g/mol. The highest BCUT2D eigenvalue weighted by Crippen LogP contribution is 2.17. The third kappa shape index (κ3) is 6.59. The zero-order chi connectivity index (χ0) is 25.7. The molecule has 0 aliphatic heterocycles. The summed E-state index contributed by atoms with van der Waals surface area (Å²) in [5.74, 6) is 1.46. The maximum absolute atomic E-state index is 4.24. The van der Waals surface area contributed by atoms with Crippen molar-refractivity contribution in [2.45, 2.75) is 74.1 Å². The fraction of sp³-hybridized carbons (Fsp3) is 0.379. The van der Waals surface area contributed by atoms with Crippen LogP contribution in [0.1, 0.15) is 91.1 Å². The molecule has 0 bridgehead atoms. The zero-order valence-electron chi connectivity index (χ0n) is 21.7. The Hall–Kier alpha value is -4.14. The first-order valence-corrected chi connectivity index (χ1v) is 12.2. The van der Waals surface area contributed by atoms with E-state index in [4.69, 9.17) is 0 Å². The second kappa shape index (κ2) is 13.4. The van der Waals surface area contributed by atoms with Crippen LogP contribution in [-0.2, 0) is 0 Å². The van der Waals surface area contributed by atoms with Gasteiger partial charge in [-0.3, -0.25) is 0 Å². The summed E-state index contributed by atoms with van der Waals surface area (Å²) in [6, 6.07) is 9.85. The summed E-state index contributed by atoms with van der Waals surface area (Å²) in [6.45, 7) is 12.9. The molecule has 0 aliphatic carbocycles. The van der Waals surface area contributed by atoms with Gasteiger partial charge in [0.1, 0.15) is 0 Å². The van der Waals surface area contributed by atoms with Gasteiger partial charge in [0.25, 0.3) is 0 Å². The molecule has 0 radical (unpaired) electrons. The highest BCUT2D eigenvalue weighted by Gasteiger charge is 2.06. The summed E-state index contributed by atoms with van der Waals surface area (Å²) in [7, 11) is 0. The molecule has 0 saturated carbocycles. The number of hydrogen-bond acceptors (Lipinski definition) is 6. The molecule has 38 heavy (non-hydrogen) atoms. The van der Waals surface area contributed by atoms with Crippen molar-refractivity contribution in [2.75, 3.05) is 0 Å². The summed E-state index contributed by atoms with van der Waals surface area (Å²) >= 11 is 0. The minimum Gasteiger partial charge on any atom is -0.237 e. The van der Waals surface area contributed by atoms with Crippen molar-refractivity contribution >= 4 is 16.9 Å². The molecule has 202 valence electrons. The van der Waals surface area contributed by atoms with Gasteiger partial charge in [-0.25, -0.2) is 28.5 Å². The lowest BCUT2D eigenvalue weighted by Crippen LogP contribution is -2.00. The van der Waals surface area contributed by atoms with Crippen LogP contribution in [0.4, 0.5) is 0 Å². The Balaban J connectivity index is 0.000000195. The van der Waals surface area contributed by atoms with Gasteiger partial charge in [-0.15, -0.1) is 0 Å². The maximum atomic E-state index is 4.24. The predicted octanol–water partition coefficient (Wildman–Crippen LogP) is 6.83. The highest BCUT2D eigenvalue weighted by molar-refractivity contribution is 5.47. The molecule has 0 spiro atoms. The van der Waals surface area contributed by atoms with E-state index >= 15 is 0 Å². The highest BCUT2D eigenvalue weighted by atomic mass is 15.3. The fourth-order valence-electron chi connectivity index (χ4n) is 3.89.